The molecule has 9 heavy (non-hydrogen) atoms. The van der Waals surface area contributed by atoms with Crippen LogP contribution in [0.5, 0.6) is 0 Å². The molecule has 0 saturated heterocycles. The molecular weight excluding hydrogens is 184 g/mol. The normalized spacial score (nSPS) is 11.2. The Kier molecular flexibility index (Phi) is 4.40. The summed E-state index contributed by atoms with van der Waals surface area (Å²) < 4.78 is 4.46. The summed E-state index contributed by atoms with van der Waals surface area (Å²) in [5.41, 5.74) is 0.650. The van der Waals surface area contributed by atoms with E-state index in [1.807, 2.05) is 6.92 Å². The lowest BCUT2D eigenvalue weighted by atomic mass is 10.2. The van der Waals surface area contributed by atoms with Crippen LogP contribution in [0.3, 0.4) is 0 Å². The van der Waals surface area contributed by atoms with Crippen LogP contribution in [0.25, 0.3) is 0 Å². The number of esters is 1. The van der Waals surface area contributed by atoms with Crippen molar-refractivity contribution in [2.75, 3.05) is 7.11 Å². The largest absolute Gasteiger partial charge is 0.466 e. The van der Waals surface area contributed by atoms with Gasteiger partial charge in [0.15, 0.2) is 0 Å². The van der Waals surface area contributed by atoms with Crippen LogP contribution in [0.2, 0.25) is 0 Å². The standard InChI is InChI=1S/C6H9BrO2/c1-3-5(4-7)6(8)9-2/h4H,3H2,1-2H3/b5-4+. The van der Waals surface area contributed by atoms with Gasteiger partial charge in [-0.15, -0.1) is 0 Å². The van der Waals surface area contributed by atoms with Gasteiger partial charge in [0.1, 0.15) is 0 Å². The molecule has 52 valence electrons. The average Bonchev–Trinajstić information content (AvgIpc) is 1.90. The highest BCUT2D eigenvalue weighted by molar-refractivity contribution is 9.11. The second-order valence-electron chi connectivity index (χ2n) is 1.48. The molecule has 0 aromatic carbocycles. The summed E-state index contributed by atoms with van der Waals surface area (Å²) in [4.78, 5) is 12.2. The van der Waals surface area contributed by atoms with E-state index in [-0.39, 0.29) is 5.97 Å². The minimum atomic E-state index is -0.269. The Balaban J connectivity index is 3.97. The fourth-order valence-electron chi connectivity index (χ4n) is 0.397. The van der Waals surface area contributed by atoms with Crippen molar-refractivity contribution in [3.63, 3.8) is 0 Å². The van der Waals surface area contributed by atoms with Gasteiger partial charge in [-0.3, -0.25) is 0 Å². The van der Waals surface area contributed by atoms with E-state index in [1.54, 1.807) is 4.99 Å². The van der Waals surface area contributed by atoms with Gasteiger partial charge in [0, 0.05) is 5.57 Å². The molecule has 0 bridgehead atoms. The molecule has 0 fully saturated rings. The molecule has 3 heteroatoms. The zero-order chi connectivity index (χ0) is 7.28. The SMILES string of the molecule is CC/C(=C\Br)C(=O)OC. The maximum Gasteiger partial charge on any atom is 0.334 e. The van der Waals surface area contributed by atoms with E-state index in [2.05, 4.69) is 20.7 Å². The van der Waals surface area contributed by atoms with Crippen molar-refractivity contribution in [2.45, 2.75) is 13.3 Å². The second-order valence-corrected chi connectivity index (χ2v) is 1.94. The Morgan fingerprint density at radius 3 is 2.44 bits per heavy atom. The molecule has 0 atom stereocenters. The van der Waals surface area contributed by atoms with E-state index >= 15 is 0 Å². The Hall–Kier alpha value is -0.310. The first kappa shape index (κ1) is 8.69. The third-order valence-electron chi connectivity index (χ3n) is 0.960. The maximum absolute atomic E-state index is 10.7. The molecule has 0 radical (unpaired) electrons. The van der Waals surface area contributed by atoms with Gasteiger partial charge in [-0.2, -0.15) is 0 Å². The maximum atomic E-state index is 10.7. The van der Waals surface area contributed by atoms with Crippen LogP contribution in [0.4, 0.5) is 0 Å². The number of ether oxygens (including phenoxy) is 1. The summed E-state index contributed by atoms with van der Waals surface area (Å²) in [5, 5.41) is 0. The van der Waals surface area contributed by atoms with Crippen molar-refractivity contribution in [1.82, 2.24) is 0 Å². The Labute approximate surface area is 63.0 Å². The lowest BCUT2D eigenvalue weighted by Crippen LogP contribution is -2.02. The van der Waals surface area contributed by atoms with E-state index in [1.165, 1.54) is 7.11 Å². The van der Waals surface area contributed by atoms with Gasteiger partial charge in [-0.1, -0.05) is 22.9 Å². The summed E-state index contributed by atoms with van der Waals surface area (Å²) in [5.74, 6) is -0.269. The van der Waals surface area contributed by atoms with Gasteiger partial charge in [-0.05, 0) is 11.4 Å². The first-order valence-corrected chi connectivity index (χ1v) is 3.55. The van der Waals surface area contributed by atoms with Crippen molar-refractivity contribution in [3.05, 3.63) is 10.6 Å². The highest BCUT2D eigenvalue weighted by Crippen LogP contribution is 2.04. The van der Waals surface area contributed by atoms with Gasteiger partial charge in [0.25, 0.3) is 0 Å². The Bertz CT molecular complexity index is 129. The molecule has 0 aromatic rings. The molecule has 0 amide bonds. The molecule has 0 rings (SSSR count). The van der Waals surface area contributed by atoms with Crippen LogP contribution in [-0.4, -0.2) is 13.1 Å². The zero-order valence-electron chi connectivity index (χ0n) is 5.48. The Morgan fingerprint density at radius 2 is 2.33 bits per heavy atom. The summed E-state index contributed by atoms with van der Waals surface area (Å²) in [6.07, 6.45) is 0.692. The molecule has 0 aliphatic carbocycles. The van der Waals surface area contributed by atoms with Gasteiger partial charge in [0.05, 0.1) is 7.11 Å². The average molecular weight is 193 g/mol. The van der Waals surface area contributed by atoms with Crippen LogP contribution in [-0.2, 0) is 9.53 Å². The highest BCUT2D eigenvalue weighted by Gasteiger charge is 2.03. The molecule has 0 N–H and O–H groups in total. The minimum Gasteiger partial charge on any atom is -0.466 e. The molecule has 0 unspecified atom stereocenters. The Morgan fingerprint density at radius 1 is 1.78 bits per heavy atom. The molecule has 0 spiro atoms. The number of hydrogen-bond acceptors (Lipinski definition) is 2. The van der Waals surface area contributed by atoms with Gasteiger partial charge in [-0.25, -0.2) is 4.79 Å². The van der Waals surface area contributed by atoms with Crippen molar-refractivity contribution < 1.29 is 9.53 Å². The quantitative estimate of drug-likeness (QED) is 0.494. The lowest BCUT2D eigenvalue weighted by molar-refractivity contribution is -0.136. The highest BCUT2D eigenvalue weighted by atomic mass is 79.9. The molecule has 0 heterocycles. The van der Waals surface area contributed by atoms with E-state index in [0.717, 1.165) is 0 Å². The fourth-order valence-corrected chi connectivity index (χ4v) is 0.908. The summed E-state index contributed by atoms with van der Waals surface area (Å²) in [6.45, 7) is 1.89. The predicted octanol–water partition coefficient (Wildman–Crippen LogP) is 1.85. The van der Waals surface area contributed by atoms with Crippen molar-refractivity contribution in [1.29, 1.82) is 0 Å². The van der Waals surface area contributed by atoms with Crippen LogP contribution in [0.15, 0.2) is 10.6 Å². The molecular formula is C6H9BrO2. The van der Waals surface area contributed by atoms with Gasteiger partial charge >= 0.3 is 5.97 Å². The number of carbonyl (C=O) groups excluding carboxylic acids is 1. The third-order valence-corrected chi connectivity index (χ3v) is 1.51. The third kappa shape index (κ3) is 2.65. The molecule has 0 saturated carbocycles. The van der Waals surface area contributed by atoms with Crippen LogP contribution >= 0.6 is 15.9 Å². The van der Waals surface area contributed by atoms with E-state index in [0.29, 0.717) is 12.0 Å². The zero-order valence-corrected chi connectivity index (χ0v) is 7.06. The molecule has 0 aromatic heterocycles. The van der Waals surface area contributed by atoms with E-state index in [4.69, 9.17) is 0 Å². The number of carbonyl (C=O) groups is 1. The number of methoxy groups -OCH3 is 1. The smallest absolute Gasteiger partial charge is 0.334 e. The predicted molar refractivity (Wildman–Crippen MR) is 39.3 cm³/mol. The van der Waals surface area contributed by atoms with Crippen LogP contribution in [0, 0.1) is 0 Å². The lowest BCUT2D eigenvalue weighted by Gasteiger charge is -1.97. The van der Waals surface area contributed by atoms with Crippen LogP contribution < -0.4 is 0 Å². The molecule has 0 aliphatic rings. The number of hydrogen-bond donors (Lipinski definition) is 0. The van der Waals surface area contributed by atoms with Crippen molar-refractivity contribution in [3.8, 4) is 0 Å². The second kappa shape index (κ2) is 4.56. The van der Waals surface area contributed by atoms with E-state index < -0.39 is 0 Å². The van der Waals surface area contributed by atoms with Gasteiger partial charge in [0.2, 0.25) is 0 Å². The monoisotopic (exact) mass is 192 g/mol. The number of rotatable bonds is 2. The first-order chi connectivity index (χ1) is 4.26. The molecule has 0 aliphatic heterocycles. The van der Waals surface area contributed by atoms with Crippen molar-refractivity contribution in [2.24, 2.45) is 0 Å². The fraction of sp³-hybridized carbons (Fsp3) is 0.500. The van der Waals surface area contributed by atoms with E-state index in [9.17, 15) is 4.79 Å². The topological polar surface area (TPSA) is 26.3 Å². The van der Waals surface area contributed by atoms with Gasteiger partial charge < -0.3 is 4.74 Å². The molecule has 2 nitrogen and oxygen atoms in total. The summed E-state index contributed by atoms with van der Waals surface area (Å²) in [7, 11) is 1.37. The minimum absolute atomic E-state index is 0.269. The summed E-state index contributed by atoms with van der Waals surface area (Å²) in [6, 6.07) is 0. The summed E-state index contributed by atoms with van der Waals surface area (Å²) >= 11 is 3.05. The first-order valence-electron chi connectivity index (χ1n) is 2.63. The van der Waals surface area contributed by atoms with Crippen molar-refractivity contribution >= 4 is 21.9 Å². The van der Waals surface area contributed by atoms with Crippen LogP contribution in [0.1, 0.15) is 13.3 Å². The number of halogens is 1.